The Balaban J connectivity index is 2.05. The van der Waals surface area contributed by atoms with Crippen LogP contribution in [0.1, 0.15) is 25.8 Å². The fourth-order valence-electron chi connectivity index (χ4n) is 2.25. The maximum atomic E-state index is 12.2. The van der Waals surface area contributed by atoms with Gasteiger partial charge in [0.15, 0.2) is 0 Å². The molecule has 0 radical (unpaired) electrons. The summed E-state index contributed by atoms with van der Waals surface area (Å²) in [6.45, 7) is 4.30. The lowest BCUT2D eigenvalue weighted by Gasteiger charge is -2.29. The molecule has 5 heteroatoms. The third-order valence-electron chi connectivity index (χ3n) is 3.25. The number of rotatable bonds is 3. The van der Waals surface area contributed by atoms with Crippen LogP contribution in [0.5, 0.6) is 0 Å². The molecular formula is C13H18N2O2S. The Morgan fingerprint density at radius 2 is 2.33 bits per heavy atom. The number of hydrogen-bond acceptors (Lipinski definition) is 3. The summed E-state index contributed by atoms with van der Waals surface area (Å²) < 4.78 is 0. The van der Waals surface area contributed by atoms with Crippen molar-refractivity contribution in [3.8, 4) is 0 Å². The van der Waals surface area contributed by atoms with E-state index in [4.69, 9.17) is 0 Å². The van der Waals surface area contributed by atoms with Crippen LogP contribution >= 0.6 is 11.3 Å². The molecule has 1 fully saturated rings. The summed E-state index contributed by atoms with van der Waals surface area (Å²) in [5.74, 6) is -0.0235. The molecule has 1 aromatic rings. The molecule has 0 aromatic carbocycles. The number of amides is 2. The molecule has 0 aliphatic carbocycles. The van der Waals surface area contributed by atoms with Crippen molar-refractivity contribution in [2.45, 2.75) is 38.8 Å². The molecule has 0 bridgehead atoms. The van der Waals surface area contributed by atoms with Crippen molar-refractivity contribution in [1.29, 1.82) is 0 Å². The van der Waals surface area contributed by atoms with E-state index in [9.17, 15) is 9.59 Å². The maximum Gasteiger partial charge on any atom is 0.245 e. The molecule has 1 aromatic heterocycles. The minimum atomic E-state index is -0.412. The summed E-state index contributed by atoms with van der Waals surface area (Å²) >= 11 is 1.66. The van der Waals surface area contributed by atoms with Crippen molar-refractivity contribution in [2.24, 2.45) is 0 Å². The van der Waals surface area contributed by atoms with E-state index in [-0.39, 0.29) is 17.9 Å². The van der Waals surface area contributed by atoms with Crippen molar-refractivity contribution >= 4 is 23.2 Å². The fraction of sp³-hybridized carbons (Fsp3) is 0.538. The predicted octanol–water partition coefficient (Wildman–Crippen LogP) is 1.42. The first kappa shape index (κ1) is 13.1. The molecular weight excluding hydrogens is 248 g/mol. The Morgan fingerprint density at radius 1 is 1.56 bits per heavy atom. The van der Waals surface area contributed by atoms with E-state index >= 15 is 0 Å². The lowest BCUT2D eigenvalue weighted by molar-refractivity contribution is -0.134. The average Bonchev–Trinajstić information content (AvgIpc) is 2.77. The second kappa shape index (κ2) is 5.52. The van der Waals surface area contributed by atoms with E-state index in [0.717, 1.165) is 6.42 Å². The third kappa shape index (κ3) is 2.90. The zero-order valence-electron chi connectivity index (χ0n) is 10.7. The normalized spacial score (nSPS) is 22.6. The van der Waals surface area contributed by atoms with Crippen molar-refractivity contribution in [2.75, 3.05) is 6.54 Å². The molecule has 2 atom stereocenters. The number of carbonyl (C=O) groups is 2. The van der Waals surface area contributed by atoms with Crippen LogP contribution in [0.2, 0.25) is 0 Å². The van der Waals surface area contributed by atoms with Crippen LogP contribution in [0, 0.1) is 0 Å². The van der Waals surface area contributed by atoms with Gasteiger partial charge >= 0.3 is 0 Å². The highest BCUT2D eigenvalue weighted by molar-refractivity contribution is 7.07. The summed E-state index contributed by atoms with van der Waals surface area (Å²) in [6, 6.07) is 1.79. The zero-order chi connectivity index (χ0) is 13.1. The summed E-state index contributed by atoms with van der Waals surface area (Å²) in [5, 5.41) is 6.85. The quantitative estimate of drug-likeness (QED) is 0.899. The molecule has 2 amide bonds. The van der Waals surface area contributed by atoms with E-state index in [1.807, 2.05) is 17.2 Å². The van der Waals surface area contributed by atoms with Gasteiger partial charge in [0.1, 0.15) is 6.04 Å². The lowest BCUT2D eigenvalue weighted by atomic mass is 10.1. The van der Waals surface area contributed by atoms with Crippen LogP contribution in [-0.2, 0) is 16.0 Å². The van der Waals surface area contributed by atoms with E-state index in [1.54, 1.807) is 18.3 Å². The Labute approximate surface area is 111 Å². The first-order valence-electron chi connectivity index (χ1n) is 6.19. The van der Waals surface area contributed by atoms with Gasteiger partial charge in [-0.25, -0.2) is 0 Å². The van der Waals surface area contributed by atoms with Gasteiger partial charge in [-0.3, -0.25) is 9.59 Å². The number of nitrogens with zero attached hydrogens (tertiary/aromatic N) is 1. The first-order chi connectivity index (χ1) is 8.58. The third-order valence-corrected chi connectivity index (χ3v) is 3.99. The number of carbonyl (C=O) groups excluding carboxylic acids is 2. The van der Waals surface area contributed by atoms with Gasteiger partial charge in [-0.05, 0) is 42.7 Å². The van der Waals surface area contributed by atoms with Gasteiger partial charge in [0, 0.05) is 19.0 Å². The van der Waals surface area contributed by atoms with Crippen molar-refractivity contribution in [3.63, 3.8) is 0 Å². The number of hydrogen-bond donors (Lipinski definition) is 1. The molecule has 98 valence electrons. The zero-order valence-corrected chi connectivity index (χ0v) is 11.5. The van der Waals surface area contributed by atoms with Gasteiger partial charge in [0.05, 0.1) is 0 Å². The smallest absolute Gasteiger partial charge is 0.245 e. The van der Waals surface area contributed by atoms with E-state index in [2.05, 4.69) is 16.8 Å². The van der Waals surface area contributed by atoms with E-state index in [0.29, 0.717) is 13.0 Å². The van der Waals surface area contributed by atoms with Crippen LogP contribution in [0.25, 0.3) is 0 Å². The summed E-state index contributed by atoms with van der Waals surface area (Å²) in [5.41, 5.74) is 1.25. The first-order valence-corrected chi connectivity index (χ1v) is 7.13. The van der Waals surface area contributed by atoms with Crippen molar-refractivity contribution in [1.82, 2.24) is 10.2 Å². The van der Waals surface area contributed by atoms with Gasteiger partial charge in [-0.1, -0.05) is 0 Å². The minimum absolute atomic E-state index is 0.0172. The highest BCUT2D eigenvalue weighted by Crippen LogP contribution is 2.15. The Morgan fingerprint density at radius 3 is 3.00 bits per heavy atom. The largest absolute Gasteiger partial charge is 0.345 e. The topological polar surface area (TPSA) is 49.4 Å². The maximum absolute atomic E-state index is 12.2. The second-order valence-corrected chi connectivity index (χ2v) is 5.54. The van der Waals surface area contributed by atoms with Gasteiger partial charge < -0.3 is 10.2 Å². The highest BCUT2D eigenvalue weighted by Gasteiger charge is 2.29. The molecule has 18 heavy (non-hydrogen) atoms. The van der Waals surface area contributed by atoms with Gasteiger partial charge in [-0.15, -0.1) is 0 Å². The number of nitrogens with one attached hydrogen (secondary N) is 1. The van der Waals surface area contributed by atoms with Crippen molar-refractivity contribution in [3.05, 3.63) is 22.4 Å². The Bertz CT molecular complexity index is 430. The van der Waals surface area contributed by atoms with Gasteiger partial charge in [-0.2, -0.15) is 11.3 Å². The van der Waals surface area contributed by atoms with E-state index < -0.39 is 6.04 Å². The van der Waals surface area contributed by atoms with Crippen LogP contribution in [-0.4, -0.2) is 35.3 Å². The Hall–Kier alpha value is -1.36. The van der Waals surface area contributed by atoms with Crippen LogP contribution in [0.15, 0.2) is 16.8 Å². The van der Waals surface area contributed by atoms with Crippen LogP contribution in [0.4, 0.5) is 0 Å². The molecule has 2 heterocycles. The predicted molar refractivity (Wildman–Crippen MR) is 71.4 cm³/mol. The molecule has 0 saturated carbocycles. The van der Waals surface area contributed by atoms with Crippen LogP contribution < -0.4 is 5.32 Å². The lowest BCUT2D eigenvalue weighted by Crippen LogP contribution is -2.46. The standard InChI is InChI=1S/C13H18N2O2S/c1-9(7-11-4-6-18-8-11)15-5-3-12(16)14-10(2)13(15)17/h4,6,8-10H,3,5,7H2,1-2H3,(H,14,16). The second-order valence-electron chi connectivity index (χ2n) is 4.76. The molecule has 4 nitrogen and oxygen atoms in total. The molecule has 1 aliphatic heterocycles. The molecule has 1 aliphatic rings. The molecule has 1 N–H and O–H groups in total. The van der Waals surface area contributed by atoms with E-state index in [1.165, 1.54) is 5.56 Å². The summed E-state index contributed by atoms with van der Waals surface area (Å²) in [7, 11) is 0. The molecule has 0 spiro atoms. The molecule has 2 unspecified atom stereocenters. The monoisotopic (exact) mass is 266 g/mol. The summed E-state index contributed by atoms with van der Waals surface area (Å²) in [6.07, 6.45) is 1.24. The highest BCUT2D eigenvalue weighted by atomic mass is 32.1. The van der Waals surface area contributed by atoms with Gasteiger partial charge in [0.2, 0.25) is 11.8 Å². The summed E-state index contributed by atoms with van der Waals surface area (Å²) in [4.78, 5) is 25.4. The molecule has 2 rings (SSSR count). The SMILES string of the molecule is CC1NC(=O)CCN(C(C)Cc2ccsc2)C1=O. The number of thiophene rings is 1. The fourth-order valence-corrected chi connectivity index (χ4v) is 2.94. The Kier molecular flexibility index (Phi) is 4.01. The molecule has 1 saturated heterocycles. The van der Waals surface area contributed by atoms with Crippen molar-refractivity contribution < 1.29 is 9.59 Å². The van der Waals surface area contributed by atoms with Gasteiger partial charge in [0.25, 0.3) is 0 Å². The average molecular weight is 266 g/mol. The van der Waals surface area contributed by atoms with Crippen LogP contribution in [0.3, 0.4) is 0 Å². The minimum Gasteiger partial charge on any atom is -0.345 e.